The second kappa shape index (κ2) is 7.15. The van der Waals surface area contributed by atoms with Gasteiger partial charge in [0.1, 0.15) is 23.8 Å². The Bertz CT molecular complexity index is 1500. The Morgan fingerprint density at radius 2 is 1.88 bits per heavy atom. The van der Waals surface area contributed by atoms with E-state index in [1.54, 1.807) is 0 Å². The minimum atomic E-state index is -4.19. The second-order valence-corrected chi connectivity index (χ2v) is 12.5. The molecule has 0 aromatic heterocycles. The summed E-state index contributed by atoms with van der Waals surface area (Å²) < 4.78 is 41.5. The molecule has 0 radical (unpaired) electrons. The van der Waals surface area contributed by atoms with Gasteiger partial charge in [0.2, 0.25) is 5.36 Å². The minimum Gasteiger partial charge on any atom is -0.452 e. The molecule has 1 N–H and O–H groups in total. The monoisotopic (exact) mass is 482 g/mol. The van der Waals surface area contributed by atoms with Crippen molar-refractivity contribution in [2.45, 2.75) is 58.0 Å². The van der Waals surface area contributed by atoms with Crippen LogP contribution in [0.3, 0.4) is 0 Å². The van der Waals surface area contributed by atoms with Crippen molar-refractivity contribution in [3.05, 3.63) is 52.2 Å². The third-order valence-electron chi connectivity index (χ3n) is 7.69. The first-order valence-electron chi connectivity index (χ1n) is 11.6. The quantitative estimate of drug-likeness (QED) is 0.445. The lowest BCUT2D eigenvalue weighted by Crippen LogP contribution is -2.47. The first-order valence-corrected chi connectivity index (χ1v) is 13.2. The van der Waals surface area contributed by atoms with Gasteiger partial charge in [0.15, 0.2) is 17.0 Å². The normalized spacial score (nSPS) is 21.9. The molecule has 2 aromatic carbocycles. The van der Waals surface area contributed by atoms with Crippen molar-refractivity contribution in [3.63, 3.8) is 0 Å². The third kappa shape index (κ3) is 3.64. The standard InChI is InChI=1S/C26H31N3O4S/c1-15-12-25(2,3)28(6)21-10-23-19(8-17(15)21)27-20-9-18-16(14-34(30,31)32)13-26(4,5)29(7)22(18)11-24(20)33-23/h8-11,13,15H,12,14H2,1-7H3/p+1. The topological polar surface area (TPSA) is 82.2 Å². The Balaban J connectivity index is 1.71. The van der Waals surface area contributed by atoms with E-state index < -0.39 is 21.4 Å². The van der Waals surface area contributed by atoms with Crippen molar-refractivity contribution in [1.29, 1.82) is 0 Å². The third-order valence-corrected chi connectivity index (χ3v) is 8.37. The van der Waals surface area contributed by atoms with Gasteiger partial charge < -0.3 is 9.64 Å². The van der Waals surface area contributed by atoms with Gasteiger partial charge in [-0.05, 0) is 55.5 Å². The molecule has 0 amide bonds. The van der Waals surface area contributed by atoms with Crippen molar-refractivity contribution in [3.8, 4) is 11.5 Å². The summed E-state index contributed by atoms with van der Waals surface area (Å²) in [6.45, 7) is 10.8. The predicted octanol–water partition coefficient (Wildman–Crippen LogP) is 3.65. The number of fused-ring (bicyclic) bond motifs is 4. The first kappa shape index (κ1) is 23.1. The van der Waals surface area contributed by atoms with Gasteiger partial charge in [-0.2, -0.15) is 8.42 Å². The van der Waals surface area contributed by atoms with Crippen LogP contribution < -0.4 is 24.9 Å². The highest BCUT2D eigenvalue weighted by Gasteiger charge is 2.37. The average molecular weight is 483 g/mol. The number of hydrogen-bond donors (Lipinski definition) is 1. The highest BCUT2D eigenvalue weighted by Crippen LogP contribution is 2.48. The highest BCUT2D eigenvalue weighted by atomic mass is 32.2. The summed E-state index contributed by atoms with van der Waals surface area (Å²) in [6.07, 6.45) is 2.94. The van der Waals surface area contributed by atoms with Crippen LogP contribution in [0.2, 0.25) is 0 Å². The molecule has 0 aliphatic carbocycles. The fourth-order valence-electron chi connectivity index (χ4n) is 5.49. The van der Waals surface area contributed by atoms with Crippen LogP contribution in [-0.2, 0) is 10.1 Å². The zero-order valence-corrected chi connectivity index (χ0v) is 21.6. The van der Waals surface area contributed by atoms with E-state index in [2.05, 4.69) is 49.4 Å². The maximum absolute atomic E-state index is 11.7. The van der Waals surface area contributed by atoms with Crippen LogP contribution in [0.25, 0.3) is 5.57 Å². The molecule has 3 aliphatic heterocycles. The Labute approximate surface area is 200 Å². The predicted molar refractivity (Wildman–Crippen MR) is 135 cm³/mol. The molecule has 8 heteroatoms. The fraction of sp³-hybridized carbons (Fsp3) is 0.462. The number of nitrogens with zero attached hydrogens (tertiary/aromatic N) is 3. The lowest BCUT2D eigenvalue weighted by Gasteiger charge is -2.45. The van der Waals surface area contributed by atoms with E-state index in [-0.39, 0.29) is 5.54 Å². The maximum atomic E-state index is 11.7. The molecule has 3 heterocycles. The van der Waals surface area contributed by atoms with Gasteiger partial charge in [0.25, 0.3) is 10.1 Å². The molecule has 7 nitrogen and oxygen atoms in total. The maximum Gasteiger partial charge on any atom is 0.269 e. The smallest absolute Gasteiger partial charge is 0.269 e. The minimum absolute atomic E-state index is 0.0491. The number of benzene rings is 2. The van der Waals surface area contributed by atoms with E-state index in [1.165, 1.54) is 5.56 Å². The van der Waals surface area contributed by atoms with E-state index in [0.717, 1.165) is 34.5 Å². The molecule has 1 unspecified atom stereocenters. The summed E-state index contributed by atoms with van der Waals surface area (Å²) in [5.41, 5.74) is 4.10. The lowest BCUT2D eigenvalue weighted by atomic mass is 9.80. The molecule has 0 spiro atoms. The van der Waals surface area contributed by atoms with Crippen molar-refractivity contribution >= 4 is 27.1 Å². The Kier molecular flexibility index (Phi) is 4.85. The van der Waals surface area contributed by atoms with Crippen LogP contribution in [-0.4, -0.2) is 43.9 Å². The first-order chi connectivity index (χ1) is 15.7. The van der Waals surface area contributed by atoms with Crippen LogP contribution in [0.5, 0.6) is 11.5 Å². The van der Waals surface area contributed by atoms with Gasteiger partial charge >= 0.3 is 0 Å². The van der Waals surface area contributed by atoms with Crippen LogP contribution >= 0.6 is 0 Å². The SMILES string of the molecule is CC1CC(C)(C)N(C)c2cc3c(cc21)N=c1cc2c(cc1O3)=[N+](C)C(C)(C)C=C2CS(=O)(=O)O. The van der Waals surface area contributed by atoms with Crippen molar-refractivity contribution < 1.29 is 17.7 Å². The summed E-state index contributed by atoms with van der Waals surface area (Å²) in [5, 5.41) is 1.49. The Morgan fingerprint density at radius 3 is 2.56 bits per heavy atom. The van der Waals surface area contributed by atoms with E-state index in [9.17, 15) is 13.0 Å². The number of ether oxygens (including phenoxy) is 1. The van der Waals surface area contributed by atoms with Gasteiger partial charge in [-0.15, -0.1) is 0 Å². The lowest BCUT2D eigenvalue weighted by molar-refractivity contribution is 0.393. The molecule has 0 bridgehead atoms. The molecule has 180 valence electrons. The van der Waals surface area contributed by atoms with Crippen LogP contribution in [0.15, 0.2) is 35.3 Å². The van der Waals surface area contributed by atoms with Gasteiger partial charge in [-0.25, -0.2) is 9.57 Å². The van der Waals surface area contributed by atoms with Crippen LogP contribution in [0.4, 0.5) is 11.4 Å². The molecule has 5 rings (SSSR count). The molecule has 1 atom stereocenters. The molecule has 34 heavy (non-hydrogen) atoms. The Morgan fingerprint density at radius 1 is 1.18 bits per heavy atom. The average Bonchev–Trinajstić information content (AvgIpc) is 2.71. The molecular formula is C26H32N3O4S+. The fourth-order valence-corrected chi connectivity index (χ4v) is 6.12. The second-order valence-electron chi connectivity index (χ2n) is 11.0. The number of likely N-dealkylation sites (N-methyl/N-ethyl adjacent to an activating group) is 1. The Hall–Kier alpha value is -2.71. The molecule has 3 aliphatic rings. The van der Waals surface area contributed by atoms with Gasteiger partial charge in [0, 0.05) is 38.2 Å². The number of hydrogen-bond acceptors (Lipinski definition) is 5. The van der Waals surface area contributed by atoms with E-state index in [1.807, 2.05) is 39.1 Å². The summed E-state index contributed by atoms with van der Waals surface area (Å²) >= 11 is 0. The molecule has 0 fully saturated rings. The van der Waals surface area contributed by atoms with E-state index in [4.69, 9.17) is 9.73 Å². The van der Waals surface area contributed by atoms with Crippen molar-refractivity contribution in [2.24, 2.45) is 4.99 Å². The summed E-state index contributed by atoms with van der Waals surface area (Å²) in [5.74, 6) is 1.30. The van der Waals surface area contributed by atoms with Crippen molar-refractivity contribution in [1.82, 2.24) is 4.58 Å². The summed E-state index contributed by atoms with van der Waals surface area (Å²) in [7, 11) is -0.0952. The number of anilines is 1. The molecule has 0 saturated carbocycles. The van der Waals surface area contributed by atoms with Gasteiger partial charge in [-0.3, -0.25) is 4.55 Å². The molecular weight excluding hydrogens is 450 g/mol. The summed E-state index contributed by atoms with van der Waals surface area (Å²) in [4.78, 5) is 7.23. The molecule has 2 aromatic rings. The van der Waals surface area contributed by atoms with E-state index >= 15 is 0 Å². The largest absolute Gasteiger partial charge is 0.452 e. The van der Waals surface area contributed by atoms with Gasteiger partial charge in [0.05, 0.1) is 11.6 Å². The zero-order valence-electron chi connectivity index (χ0n) is 20.8. The van der Waals surface area contributed by atoms with Crippen LogP contribution in [0, 0.1) is 0 Å². The van der Waals surface area contributed by atoms with Crippen LogP contribution in [0.1, 0.15) is 58.1 Å². The summed E-state index contributed by atoms with van der Waals surface area (Å²) in [6, 6.07) is 8.00. The zero-order chi connectivity index (χ0) is 24.8. The van der Waals surface area contributed by atoms with Gasteiger partial charge in [-0.1, -0.05) is 6.92 Å². The molecule has 0 saturated heterocycles. The highest BCUT2D eigenvalue weighted by molar-refractivity contribution is 7.86. The van der Waals surface area contributed by atoms with E-state index in [0.29, 0.717) is 22.6 Å². The van der Waals surface area contributed by atoms with Crippen molar-refractivity contribution in [2.75, 3.05) is 24.7 Å². The number of rotatable bonds is 2.